The first-order valence-corrected chi connectivity index (χ1v) is 12.8. The molecule has 5 rings (SSSR count). The number of amides is 1. The number of nitrogens with zero attached hydrogens (tertiary/aromatic N) is 5. The van der Waals surface area contributed by atoms with E-state index in [4.69, 9.17) is 5.10 Å². The summed E-state index contributed by atoms with van der Waals surface area (Å²) in [5, 5.41) is 6.63. The molecule has 0 spiro atoms. The molecule has 1 aliphatic heterocycles. The summed E-state index contributed by atoms with van der Waals surface area (Å²) in [5.41, 5.74) is 5.55. The van der Waals surface area contributed by atoms with Gasteiger partial charge in [-0.1, -0.05) is 6.92 Å². The molecule has 1 aliphatic carbocycles. The van der Waals surface area contributed by atoms with E-state index in [-0.39, 0.29) is 30.6 Å². The minimum atomic E-state index is -4.12. The second-order valence-electron chi connectivity index (χ2n) is 9.75. The van der Waals surface area contributed by atoms with Crippen molar-refractivity contribution in [1.29, 1.82) is 0 Å². The van der Waals surface area contributed by atoms with Crippen LogP contribution in [0.1, 0.15) is 78.4 Å². The second-order valence-corrected chi connectivity index (χ2v) is 10.5. The van der Waals surface area contributed by atoms with Gasteiger partial charge >= 0.3 is 6.18 Å². The summed E-state index contributed by atoms with van der Waals surface area (Å²) in [6.07, 6.45) is -1.98. The molecule has 2 atom stereocenters. The minimum absolute atomic E-state index is 0.0139. The molecule has 0 radical (unpaired) electrons. The maximum atomic E-state index is 13.1. The average Bonchev–Trinajstić information content (AvgIpc) is 3.48. The van der Waals surface area contributed by atoms with Crippen molar-refractivity contribution in [3.05, 3.63) is 45.8 Å². The van der Waals surface area contributed by atoms with Crippen molar-refractivity contribution < 1.29 is 18.0 Å². The molecule has 6 nitrogen and oxygen atoms in total. The van der Waals surface area contributed by atoms with Crippen LogP contribution in [0.15, 0.2) is 23.0 Å². The van der Waals surface area contributed by atoms with Gasteiger partial charge in [0.2, 0.25) is 0 Å². The van der Waals surface area contributed by atoms with Crippen LogP contribution >= 0.6 is 11.3 Å². The molecule has 0 aromatic carbocycles. The first-order valence-electron chi connectivity index (χ1n) is 11.8. The Hall–Kier alpha value is -2.49. The number of hydrogen-bond acceptors (Lipinski definition) is 5. The highest BCUT2D eigenvalue weighted by atomic mass is 32.1. The molecule has 10 heteroatoms. The zero-order valence-corrected chi connectivity index (χ0v) is 20.1. The maximum absolute atomic E-state index is 13.1. The number of halogens is 3. The van der Waals surface area contributed by atoms with Crippen molar-refractivity contribution in [3.8, 4) is 0 Å². The number of fused-ring (bicyclic) bond motifs is 1. The van der Waals surface area contributed by atoms with E-state index >= 15 is 0 Å². The second kappa shape index (κ2) is 8.94. The number of rotatable bonds is 3. The van der Waals surface area contributed by atoms with Gasteiger partial charge in [-0.2, -0.15) is 18.3 Å². The van der Waals surface area contributed by atoms with Crippen molar-refractivity contribution >= 4 is 22.9 Å². The summed E-state index contributed by atoms with van der Waals surface area (Å²) in [4.78, 5) is 23.6. The van der Waals surface area contributed by atoms with E-state index in [2.05, 4.69) is 16.9 Å². The van der Waals surface area contributed by atoms with Crippen molar-refractivity contribution in [1.82, 2.24) is 24.5 Å². The van der Waals surface area contributed by atoms with Gasteiger partial charge in [0.15, 0.2) is 5.65 Å². The van der Waals surface area contributed by atoms with Crippen LogP contribution in [0.25, 0.3) is 5.65 Å². The Morgan fingerprint density at radius 1 is 1.15 bits per heavy atom. The van der Waals surface area contributed by atoms with E-state index in [1.54, 1.807) is 10.9 Å². The van der Waals surface area contributed by atoms with Crippen LogP contribution in [0.2, 0.25) is 0 Å². The van der Waals surface area contributed by atoms with Crippen molar-refractivity contribution in [2.75, 3.05) is 13.1 Å². The van der Waals surface area contributed by atoms with E-state index in [9.17, 15) is 18.0 Å². The Morgan fingerprint density at radius 2 is 1.91 bits per heavy atom. The molecular formula is C24H28F3N5OS. The largest absolute Gasteiger partial charge is 0.391 e. The number of aryl methyl sites for hydroxylation is 1. The summed E-state index contributed by atoms with van der Waals surface area (Å²) >= 11 is 1.41. The predicted molar refractivity (Wildman–Crippen MR) is 123 cm³/mol. The normalized spacial score (nSPS) is 26.2. The molecule has 182 valence electrons. The zero-order chi connectivity index (χ0) is 24.0. The molecule has 1 saturated carbocycles. The van der Waals surface area contributed by atoms with E-state index in [0.29, 0.717) is 37.5 Å². The molecule has 3 aromatic rings. The lowest BCUT2D eigenvalue weighted by atomic mass is 9.80. The predicted octanol–water partition coefficient (Wildman–Crippen LogP) is 5.60. The topological polar surface area (TPSA) is 63.4 Å². The smallest absolute Gasteiger partial charge is 0.337 e. The molecule has 4 heterocycles. The summed E-state index contributed by atoms with van der Waals surface area (Å²) in [7, 11) is 0. The number of carbonyl (C=O) groups is 1. The van der Waals surface area contributed by atoms with Crippen molar-refractivity contribution in [2.24, 2.45) is 11.8 Å². The van der Waals surface area contributed by atoms with E-state index in [0.717, 1.165) is 29.1 Å². The van der Waals surface area contributed by atoms with Crippen molar-refractivity contribution in [3.63, 3.8) is 0 Å². The molecule has 1 saturated heterocycles. The van der Waals surface area contributed by atoms with Gasteiger partial charge in [0.25, 0.3) is 5.91 Å². The number of carbonyl (C=O) groups excluding carboxylic acids is 1. The molecular weight excluding hydrogens is 463 g/mol. The number of thiazole rings is 1. The molecule has 3 aromatic heterocycles. The number of piperidine rings is 1. The summed E-state index contributed by atoms with van der Waals surface area (Å²) in [6, 6.07) is 3.96. The molecule has 2 aliphatic rings. The highest BCUT2D eigenvalue weighted by Gasteiger charge is 2.42. The van der Waals surface area contributed by atoms with Crippen molar-refractivity contribution in [2.45, 2.75) is 64.0 Å². The zero-order valence-electron chi connectivity index (χ0n) is 19.3. The van der Waals surface area contributed by atoms with Gasteiger partial charge in [-0.15, -0.1) is 11.3 Å². The third kappa shape index (κ3) is 4.44. The fourth-order valence-electron chi connectivity index (χ4n) is 5.45. The fraction of sp³-hybridized carbons (Fsp3) is 0.583. The van der Waals surface area contributed by atoms with Gasteiger partial charge in [0, 0.05) is 42.1 Å². The minimum Gasteiger partial charge on any atom is -0.337 e. The Labute approximate surface area is 200 Å². The summed E-state index contributed by atoms with van der Waals surface area (Å²) < 4.78 is 41.1. The van der Waals surface area contributed by atoms with Crippen LogP contribution in [-0.2, 0) is 0 Å². The lowest BCUT2D eigenvalue weighted by Gasteiger charge is -2.37. The van der Waals surface area contributed by atoms with Gasteiger partial charge < -0.3 is 4.90 Å². The Morgan fingerprint density at radius 3 is 2.59 bits per heavy atom. The molecule has 0 N–H and O–H groups in total. The number of aromatic nitrogens is 4. The van der Waals surface area contributed by atoms with Gasteiger partial charge in [-0.25, -0.2) is 14.5 Å². The highest BCUT2D eigenvalue weighted by Crippen LogP contribution is 2.43. The van der Waals surface area contributed by atoms with Crippen LogP contribution in [0.5, 0.6) is 0 Å². The van der Waals surface area contributed by atoms with E-state index in [1.165, 1.54) is 11.3 Å². The lowest BCUT2D eigenvalue weighted by Crippen LogP contribution is -2.42. The van der Waals surface area contributed by atoms with Crippen LogP contribution < -0.4 is 0 Å². The number of likely N-dealkylation sites (tertiary alicyclic amines) is 1. The third-order valence-electron chi connectivity index (χ3n) is 7.49. The molecule has 1 amide bonds. The van der Waals surface area contributed by atoms with E-state index in [1.807, 2.05) is 28.5 Å². The Bertz CT molecular complexity index is 1170. The van der Waals surface area contributed by atoms with Gasteiger partial charge in [-0.05, 0) is 51.0 Å². The van der Waals surface area contributed by atoms with Crippen LogP contribution in [0.3, 0.4) is 0 Å². The SMILES string of the molecule is Cc1cc([C@H]2CN(C(=O)c3cscn3)CC[C@@H]2C)n2nc([C@H]3CC[C@H](C(F)(F)F)CC3)cc2n1. The van der Waals surface area contributed by atoms with Gasteiger partial charge in [0.05, 0.1) is 22.8 Å². The third-order valence-corrected chi connectivity index (χ3v) is 8.07. The average molecular weight is 492 g/mol. The fourth-order valence-corrected chi connectivity index (χ4v) is 5.97. The molecule has 34 heavy (non-hydrogen) atoms. The number of hydrogen-bond donors (Lipinski definition) is 0. The standard InChI is InChI=1S/C24H28F3N5OS/c1-14-7-8-31(23(33)20-12-34-13-28-20)11-18(14)21-9-15(2)29-22-10-19(30-32(21)22)16-3-5-17(6-4-16)24(25,26)27/h9-10,12-14,16-18H,3-8,11H2,1-2H3/t14-,16-,17-,18-/m0/s1. The summed E-state index contributed by atoms with van der Waals surface area (Å²) in [5.74, 6) is -0.822. The van der Waals surface area contributed by atoms with Crippen LogP contribution in [-0.4, -0.2) is 49.7 Å². The van der Waals surface area contributed by atoms with Crippen LogP contribution in [0, 0.1) is 18.8 Å². The number of alkyl halides is 3. The molecule has 0 bridgehead atoms. The monoisotopic (exact) mass is 491 g/mol. The Kier molecular flexibility index (Phi) is 6.12. The molecule has 0 unspecified atom stereocenters. The Balaban J connectivity index is 1.42. The maximum Gasteiger partial charge on any atom is 0.391 e. The first kappa shape index (κ1) is 23.3. The van der Waals surface area contributed by atoms with Crippen LogP contribution in [0.4, 0.5) is 13.2 Å². The summed E-state index contributed by atoms with van der Waals surface area (Å²) in [6.45, 7) is 5.39. The highest BCUT2D eigenvalue weighted by molar-refractivity contribution is 7.07. The first-order chi connectivity index (χ1) is 16.2. The quantitative estimate of drug-likeness (QED) is 0.479. The van der Waals surface area contributed by atoms with E-state index < -0.39 is 12.1 Å². The molecule has 2 fully saturated rings. The van der Waals surface area contributed by atoms with Gasteiger partial charge in [-0.3, -0.25) is 4.79 Å². The van der Waals surface area contributed by atoms with Gasteiger partial charge in [0.1, 0.15) is 5.69 Å². The lowest BCUT2D eigenvalue weighted by molar-refractivity contribution is -0.182.